The molecule has 23 heavy (non-hydrogen) atoms. The molecule has 3 amide bonds. The number of carbonyl (C=O) groups is 2. The van der Waals surface area contributed by atoms with Crippen LogP contribution >= 0.6 is 0 Å². The van der Waals surface area contributed by atoms with E-state index in [9.17, 15) is 9.59 Å². The van der Waals surface area contributed by atoms with Crippen molar-refractivity contribution in [1.82, 2.24) is 10.2 Å². The van der Waals surface area contributed by atoms with Gasteiger partial charge in [-0.1, -0.05) is 13.8 Å². The molecule has 1 N–H and O–H groups in total. The number of nitrogens with zero attached hydrogens (tertiary/aromatic N) is 2. The molecule has 0 atom stereocenters. The van der Waals surface area contributed by atoms with Crippen molar-refractivity contribution in [2.45, 2.75) is 20.3 Å². The van der Waals surface area contributed by atoms with Crippen LogP contribution in [0.1, 0.15) is 20.3 Å². The Bertz CT molecular complexity index is 543. The maximum atomic E-state index is 12.4. The zero-order valence-corrected chi connectivity index (χ0v) is 14.0. The summed E-state index contributed by atoms with van der Waals surface area (Å²) >= 11 is 0. The maximum absolute atomic E-state index is 12.4. The van der Waals surface area contributed by atoms with Crippen molar-refractivity contribution in [2.24, 2.45) is 5.92 Å². The number of hydrogen-bond acceptors (Lipinski definition) is 3. The van der Waals surface area contributed by atoms with Crippen LogP contribution in [0, 0.1) is 5.92 Å². The summed E-state index contributed by atoms with van der Waals surface area (Å²) in [4.78, 5) is 27.6. The average molecular weight is 319 g/mol. The predicted octanol–water partition coefficient (Wildman–Crippen LogP) is 2.10. The lowest BCUT2D eigenvalue weighted by atomic mass is 10.1. The Labute approximate surface area is 137 Å². The van der Waals surface area contributed by atoms with Gasteiger partial charge in [0.15, 0.2) is 0 Å². The van der Waals surface area contributed by atoms with Gasteiger partial charge in [0.2, 0.25) is 5.91 Å². The highest BCUT2D eigenvalue weighted by Crippen LogP contribution is 2.22. The molecule has 0 bridgehead atoms. The summed E-state index contributed by atoms with van der Waals surface area (Å²) < 4.78 is 5.12. The summed E-state index contributed by atoms with van der Waals surface area (Å²) in [6, 6.07) is 7.22. The molecule has 1 heterocycles. The normalized spacial score (nSPS) is 14.5. The number of amides is 3. The van der Waals surface area contributed by atoms with Crippen LogP contribution < -0.4 is 15.0 Å². The minimum atomic E-state index is -0.130. The molecule has 1 aliphatic heterocycles. The van der Waals surface area contributed by atoms with Gasteiger partial charge < -0.3 is 15.0 Å². The number of ether oxygens (including phenoxy) is 1. The highest BCUT2D eigenvalue weighted by Gasteiger charge is 2.30. The first-order valence-corrected chi connectivity index (χ1v) is 7.98. The van der Waals surface area contributed by atoms with E-state index in [0.29, 0.717) is 25.6 Å². The Kier molecular flexibility index (Phi) is 5.84. The van der Waals surface area contributed by atoms with Gasteiger partial charge in [-0.2, -0.15) is 0 Å². The Balaban J connectivity index is 1.87. The molecule has 0 aliphatic carbocycles. The van der Waals surface area contributed by atoms with Crippen molar-refractivity contribution >= 4 is 17.6 Å². The van der Waals surface area contributed by atoms with E-state index < -0.39 is 0 Å². The van der Waals surface area contributed by atoms with Gasteiger partial charge in [0.25, 0.3) is 0 Å². The summed E-state index contributed by atoms with van der Waals surface area (Å²) in [5.41, 5.74) is 0.818. The van der Waals surface area contributed by atoms with E-state index in [1.54, 1.807) is 16.9 Å². The molecule has 0 spiro atoms. The van der Waals surface area contributed by atoms with E-state index in [0.717, 1.165) is 17.9 Å². The van der Waals surface area contributed by atoms with Crippen LogP contribution in [0.25, 0.3) is 0 Å². The van der Waals surface area contributed by atoms with Crippen molar-refractivity contribution in [3.05, 3.63) is 24.3 Å². The van der Waals surface area contributed by atoms with Crippen LogP contribution in [0.4, 0.5) is 10.5 Å². The van der Waals surface area contributed by atoms with Crippen LogP contribution in [0.15, 0.2) is 24.3 Å². The van der Waals surface area contributed by atoms with Gasteiger partial charge in [0.05, 0.1) is 7.11 Å². The van der Waals surface area contributed by atoms with E-state index >= 15 is 0 Å². The fourth-order valence-corrected chi connectivity index (χ4v) is 2.46. The van der Waals surface area contributed by atoms with Crippen molar-refractivity contribution in [3.63, 3.8) is 0 Å². The van der Waals surface area contributed by atoms with Crippen LogP contribution in [-0.4, -0.2) is 50.1 Å². The molecule has 0 unspecified atom stereocenters. The second kappa shape index (κ2) is 7.85. The Hall–Kier alpha value is -2.24. The van der Waals surface area contributed by atoms with Gasteiger partial charge in [0, 0.05) is 25.3 Å². The van der Waals surface area contributed by atoms with E-state index in [4.69, 9.17) is 4.74 Å². The molecule has 2 rings (SSSR count). The third kappa shape index (κ3) is 4.61. The highest BCUT2D eigenvalue weighted by molar-refractivity contribution is 5.96. The second-order valence-corrected chi connectivity index (χ2v) is 6.09. The van der Waals surface area contributed by atoms with Gasteiger partial charge in [0.1, 0.15) is 12.3 Å². The Morgan fingerprint density at radius 1 is 1.26 bits per heavy atom. The number of urea groups is 1. The number of hydrogen-bond donors (Lipinski definition) is 1. The third-order valence-electron chi connectivity index (χ3n) is 3.86. The molecule has 0 aromatic heterocycles. The van der Waals surface area contributed by atoms with Crippen molar-refractivity contribution in [2.75, 3.05) is 38.2 Å². The van der Waals surface area contributed by atoms with E-state index in [1.165, 1.54) is 0 Å². The number of benzene rings is 1. The largest absolute Gasteiger partial charge is 0.497 e. The first kappa shape index (κ1) is 17.1. The van der Waals surface area contributed by atoms with Crippen LogP contribution in [0.2, 0.25) is 0 Å². The minimum Gasteiger partial charge on any atom is -0.497 e. The van der Waals surface area contributed by atoms with E-state index in [-0.39, 0.29) is 18.5 Å². The highest BCUT2D eigenvalue weighted by atomic mass is 16.5. The zero-order chi connectivity index (χ0) is 16.8. The fourth-order valence-electron chi connectivity index (χ4n) is 2.46. The predicted molar refractivity (Wildman–Crippen MR) is 89.8 cm³/mol. The van der Waals surface area contributed by atoms with Gasteiger partial charge >= 0.3 is 6.03 Å². The lowest BCUT2D eigenvalue weighted by molar-refractivity contribution is -0.121. The molecular weight excluding hydrogens is 294 g/mol. The molecule has 126 valence electrons. The summed E-state index contributed by atoms with van der Waals surface area (Å²) in [7, 11) is 1.61. The molecule has 1 aliphatic rings. The summed E-state index contributed by atoms with van der Waals surface area (Å²) in [6.45, 7) is 6.14. The molecule has 0 radical (unpaired) electrons. The van der Waals surface area contributed by atoms with Crippen LogP contribution in [0.5, 0.6) is 5.75 Å². The topological polar surface area (TPSA) is 61.9 Å². The maximum Gasteiger partial charge on any atom is 0.325 e. The van der Waals surface area contributed by atoms with E-state index in [1.807, 2.05) is 24.3 Å². The molecule has 1 aromatic rings. The summed E-state index contributed by atoms with van der Waals surface area (Å²) in [5, 5.41) is 2.86. The second-order valence-electron chi connectivity index (χ2n) is 6.09. The smallest absolute Gasteiger partial charge is 0.325 e. The SMILES string of the molecule is COc1ccc(N2CCN(CC(=O)NCCC(C)C)C2=O)cc1. The monoisotopic (exact) mass is 319 g/mol. The number of carbonyl (C=O) groups excluding carboxylic acids is 2. The number of anilines is 1. The number of rotatable bonds is 7. The van der Waals surface area contributed by atoms with Gasteiger partial charge in [-0.25, -0.2) is 4.79 Å². The molecule has 0 saturated carbocycles. The minimum absolute atomic E-state index is 0.101. The summed E-state index contributed by atoms with van der Waals surface area (Å²) in [6.07, 6.45) is 0.942. The molecule has 6 heteroatoms. The van der Waals surface area contributed by atoms with Crippen LogP contribution in [-0.2, 0) is 4.79 Å². The Morgan fingerprint density at radius 2 is 1.96 bits per heavy atom. The Morgan fingerprint density at radius 3 is 2.57 bits per heavy atom. The summed E-state index contributed by atoms with van der Waals surface area (Å²) in [5.74, 6) is 1.20. The molecule has 6 nitrogen and oxygen atoms in total. The van der Waals surface area contributed by atoms with Crippen molar-refractivity contribution < 1.29 is 14.3 Å². The van der Waals surface area contributed by atoms with E-state index in [2.05, 4.69) is 19.2 Å². The quantitative estimate of drug-likeness (QED) is 0.837. The standard InChI is InChI=1S/C17H25N3O3/c1-13(2)8-9-18-16(21)12-19-10-11-20(17(19)22)14-4-6-15(23-3)7-5-14/h4-7,13H,8-12H2,1-3H3,(H,18,21). The zero-order valence-electron chi connectivity index (χ0n) is 14.0. The molecule has 1 aromatic carbocycles. The van der Waals surface area contributed by atoms with Crippen LogP contribution in [0.3, 0.4) is 0 Å². The van der Waals surface area contributed by atoms with Gasteiger partial charge in [-0.3, -0.25) is 9.69 Å². The lowest BCUT2D eigenvalue weighted by Gasteiger charge is -2.18. The van der Waals surface area contributed by atoms with Gasteiger partial charge in [-0.05, 0) is 36.6 Å². The number of methoxy groups -OCH3 is 1. The van der Waals surface area contributed by atoms with Crippen molar-refractivity contribution in [3.8, 4) is 5.75 Å². The van der Waals surface area contributed by atoms with Crippen molar-refractivity contribution in [1.29, 1.82) is 0 Å². The fraction of sp³-hybridized carbons (Fsp3) is 0.529. The van der Waals surface area contributed by atoms with Gasteiger partial charge in [-0.15, -0.1) is 0 Å². The first-order valence-electron chi connectivity index (χ1n) is 7.98. The average Bonchev–Trinajstić information content (AvgIpc) is 2.88. The third-order valence-corrected chi connectivity index (χ3v) is 3.86. The lowest BCUT2D eigenvalue weighted by Crippen LogP contribution is -2.40. The first-order chi connectivity index (χ1) is 11.0. The number of nitrogens with one attached hydrogen (secondary N) is 1. The molecule has 1 saturated heterocycles. The molecular formula is C17H25N3O3. The molecule has 1 fully saturated rings.